The Hall–Kier alpha value is -1.55. The molecular formula is C15H16O3S. The van der Waals surface area contributed by atoms with Crippen LogP contribution in [0.1, 0.15) is 46.9 Å². The summed E-state index contributed by atoms with van der Waals surface area (Å²) >= 11 is 1.40. The van der Waals surface area contributed by atoms with Crippen molar-refractivity contribution in [2.75, 3.05) is 5.75 Å². The number of rotatable bonds is 5. The van der Waals surface area contributed by atoms with Gasteiger partial charge in [-0.3, -0.25) is 9.59 Å². The average molecular weight is 276 g/mol. The van der Waals surface area contributed by atoms with Gasteiger partial charge in [-0.05, 0) is 18.2 Å². The quantitative estimate of drug-likeness (QED) is 0.835. The summed E-state index contributed by atoms with van der Waals surface area (Å²) in [6.07, 6.45) is 4.65. The van der Waals surface area contributed by atoms with Gasteiger partial charge in [-0.1, -0.05) is 31.9 Å². The van der Waals surface area contributed by atoms with E-state index in [2.05, 4.69) is 6.92 Å². The van der Waals surface area contributed by atoms with Crippen molar-refractivity contribution in [2.24, 2.45) is 0 Å². The Morgan fingerprint density at radius 1 is 1.21 bits per heavy atom. The second-order valence-electron chi connectivity index (χ2n) is 4.46. The fourth-order valence-corrected chi connectivity index (χ4v) is 3.00. The van der Waals surface area contributed by atoms with Gasteiger partial charge in [0.25, 0.3) is 0 Å². The topological polar surface area (TPSA) is 54.4 Å². The van der Waals surface area contributed by atoms with Gasteiger partial charge in [0, 0.05) is 11.6 Å². The number of aromatic hydroxyl groups is 1. The molecule has 1 aliphatic rings. The highest BCUT2D eigenvalue weighted by Crippen LogP contribution is 2.33. The van der Waals surface area contributed by atoms with Crippen LogP contribution in [0.4, 0.5) is 0 Å². The minimum absolute atomic E-state index is 0.115. The summed E-state index contributed by atoms with van der Waals surface area (Å²) in [7, 11) is 0. The number of Topliss-reactive ketones (excluding diaryl/α,β-unsaturated/α-hetero) is 1. The number of ketones is 2. The maximum absolute atomic E-state index is 12.2. The Labute approximate surface area is 116 Å². The molecule has 1 aromatic carbocycles. The smallest absolute Gasteiger partial charge is 0.203 e. The normalized spacial score (nSPS) is 14.3. The van der Waals surface area contributed by atoms with Gasteiger partial charge in [0.05, 0.1) is 10.5 Å². The number of carbonyl (C=O) groups excluding carboxylic acids is 2. The number of carbonyl (C=O) groups is 2. The summed E-state index contributed by atoms with van der Waals surface area (Å²) in [4.78, 5) is 24.6. The Kier molecular flexibility index (Phi) is 4.43. The van der Waals surface area contributed by atoms with E-state index in [0.717, 1.165) is 25.0 Å². The Bertz CT molecular complexity index is 546. The lowest BCUT2D eigenvalue weighted by Crippen LogP contribution is -2.15. The number of fused-ring (bicyclic) bond motifs is 1. The molecule has 100 valence electrons. The van der Waals surface area contributed by atoms with Crippen LogP contribution in [0.25, 0.3) is 0 Å². The first-order valence-electron chi connectivity index (χ1n) is 6.40. The second-order valence-corrected chi connectivity index (χ2v) is 5.59. The number of phenolic OH excluding ortho intramolecular Hbond substituents is 1. The summed E-state index contributed by atoms with van der Waals surface area (Å²) in [5.74, 6) is 0.259. The number of hydrogen-bond acceptors (Lipinski definition) is 4. The molecule has 2 rings (SSSR count). The molecule has 1 aliphatic carbocycles. The monoisotopic (exact) mass is 276 g/mol. The molecular weight excluding hydrogens is 260 g/mol. The van der Waals surface area contributed by atoms with E-state index in [1.165, 1.54) is 23.9 Å². The van der Waals surface area contributed by atoms with Gasteiger partial charge in [0.15, 0.2) is 5.78 Å². The first-order chi connectivity index (χ1) is 9.15. The van der Waals surface area contributed by atoms with Gasteiger partial charge < -0.3 is 5.11 Å². The van der Waals surface area contributed by atoms with Crippen LogP contribution in [0.15, 0.2) is 29.2 Å². The van der Waals surface area contributed by atoms with Gasteiger partial charge in [-0.15, -0.1) is 11.8 Å². The predicted molar refractivity (Wildman–Crippen MR) is 76.8 cm³/mol. The molecule has 4 heteroatoms. The highest BCUT2D eigenvalue weighted by molar-refractivity contribution is 8.04. The molecule has 1 N–H and O–H groups in total. The van der Waals surface area contributed by atoms with Crippen LogP contribution in [0.3, 0.4) is 0 Å². The van der Waals surface area contributed by atoms with Crippen molar-refractivity contribution in [2.45, 2.75) is 26.2 Å². The van der Waals surface area contributed by atoms with Crippen LogP contribution >= 0.6 is 11.8 Å². The summed E-state index contributed by atoms with van der Waals surface area (Å²) in [6, 6.07) is 4.59. The molecule has 0 aliphatic heterocycles. The minimum atomic E-state index is -0.241. The van der Waals surface area contributed by atoms with Crippen LogP contribution in [0.2, 0.25) is 0 Å². The van der Waals surface area contributed by atoms with E-state index in [0.29, 0.717) is 10.5 Å². The van der Waals surface area contributed by atoms with E-state index in [1.807, 2.05) is 0 Å². The fraction of sp³-hybridized carbons (Fsp3) is 0.333. The molecule has 0 radical (unpaired) electrons. The highest BCUT2D eigenvalue weighted by Gasteiger charge is 2.28. The highest BCUT2D eigenvalue weighted by atomic mass is 32.2. The summed E-state index contributed by atoms with van der Waals surface area (Å²) in [5, 5.41) is 9.76. The average Bonchev–Trinajstić information content (AvgIpc) is 2.40. The molecule has 0 spiro atoms. The Morgan fingerprint density at radius 3 is 2.74 bits per heavy atom. The molecule has 0 saturated carbocycles. The van der Waals surface area contributed by atoms with Crippen LogP contribution < -0.4 is 0 Å². The molecule has 3 nitrogen and oxygen atoms in total. The van der Waals surface area contributed by atoms with E-state index in [4.69, 9.17) is 0 Å². The number of allylic oxidation sites excluding steroid dienone is 2. The van der Waals surface area contributed by atoms with E-state index < -0.39 is 0 Å². The molecule has 0 bridgehead atoms. The Morgan fingerprint density at radius 2 is 2.00 bits per heavy atom. The number of unbranched alkanes of at least 4 members (excludes halogenated alkanes) is 2. The number of phenols is 1. The van der Waals surface area contributed by atoms with Crippen molar-refractivity contribution >= 4 is 23.3 Å². The van der Waals surface area contributed by atoms with Crippen molar-refractivity contribution in [3.05, 3.63) is 40.3 Å². The zero-order chi connectivity index (χ0) is 13.8. The van der Waals surface area contributed by atoms with Gasteiger partial charge >= 0.3 is 0 Å². The second kappa shape index (κ2) is 6.06. The van der Waals surface area contributed by atoms with Crippen molar-refractivity contribution in [3.8, 4) is 5.75 Å². The maximum atomic E-state index is 12.2. The fourth-order valence-electron chi connectivity index (χ4n) is 2.01. The molecule has 0 unspecified atom stereocenters. The van der Waals surface area contributed by atoms with Gasteiger partial charge in [-0.25, -0.2) is 0 Å². The van der Waals surface area contributed by atoms with Gasteiger partial charge in [-0.2, -0.15) is 0 Å². The molecule has 0 atom stereocenters. The van der Waals surface area contributed by atoms with Gasteiger partial charge in [0.2, 0.25) is 5.78 Å². The van der Waals surface area contributed by atoms with Crippen LogP contribution in [0.5, 0.6) is 5.75 Å². The predicted octanol–water partition coefficient (Wildman–Crippen LogP) is 3.58. The summed E-state index contributed by atoms with van der Waals surface area (Å²) in [6.45, 7) is 2.12. The minimum Gasteiger partial charge on any atom is -0.507 e. The number of benzene rings is 1. The van der Waals surface area contributed by atoms with E-state index in [1.54, 1.807) is 12.1 Å². The number of thioether (sulfide) groups is 1. The lowest BCUT2D eigenvalue weighted by atomic mass is 9.94. The van der Waals surface area contributed by atoms with E-state index in [-0.39, 0.29) is 22.9 Å². The van der Waals surface area contributed by atoms with Crippen LogP contribution in [-0.2, 0) is 0 Å². The summed E-state index contributed by atoms with van der Waals surface area (Å²) in [5.41, 5.74) is 0.441. The lowest BCUT2D eigenvalue weighted by Gasteiger charge is -2.15. The number of hydrogen-bond donors (Lipinski definition) is 1. The maximum Gasteiger partial charge on any atom is 0.203 e. The van der Waals surface area contributed by atoms with Crippen LogP contribution in [-0.4, -0.2) is 22.4 Å². The molecule has 0 heterocycles. The van der Waals surface area contributed by atoms with Crippen molar-refractivity contribution in [1.82, 2.24) is 0 Å². The molecule has 1 aromatic rings. The third-order valence-electron chi connectivity index (χ3n) is 3.03. The molecule has 0 amide bonds. The molecule has 19 heavy (non-hydrogen) atoms. The zero-order valence-electron chi connectivity index (χ0n) is 10.8. The first-order valence-corrected chi connectivity index (χ1v) is 7.39. The zero-order valence-corrected chi connectivity index (χ0v) is 11.6. The molecule has 0 fully saturated rings. The van der Waals surface area contributed by atoms with Crippen molar-refractivity contribution in [1.29, 1.82) is 0 Å². The molecule has 0 saturated heterocycles. The third-order valence-corrected chi connectivity index (χ3v) is 4.13. The first kappa shape index (κ1) is 13.9. The largest absolute Gasteiger partial charge is 0.507 e. The van der Waals surface area contributed by atoms with Crippen LogP contribution in [0, 0.1) is 0 Å². The van der Waals surface area contributed by atoms with Crippen molar-refractivity contribution < 1.29 is 14.7 Å². The lowest BCUT2D eigenvalue weighted by molar-refractivity contribution is 0.0989. The third kappa shape index (κ3) is 2.89. The van der Waals surface area contributed by atoms with E-state index >= 15 is 0 Å². The standard InChI is InChI=1S/C15H16O3S/c1-2-3-4-8-19-13-9-12(17)10-6-5-7-11(16)14(10)15(13)18/h5-7,9,16H,2-4,8H2,1H3. The van der Waals surface area contributed by atoms with Gasteiger partial charge in [0.1, 0.15) is 5.75 Å². The summed E-state index contributed by atoms with van der Waals surface area (Å²) < 4.78 is 0. The SMILES string of the molecule is CCCCCSC1=CC(=O)c2cccc(O)c2C1=O. The van der Waals surface area contributed by atoms with E-state index in [9.17, 15) is 14.7 Å². The molecule has 0 aromatic heterocycles. The van der Waals surface area contributed by atoms with Crippen molar-refractivity contribution in [3.63, 3.8) is 0 Å². The Balaban J connectivity index is 2.19.